The highest BCUT2D eigenvalue weighted by Gasteiger charge is 2.20. The lowest BCUT2D eigenvalue weighted by Crippen LogP contribution is -2.25. The maximum absolute atomic E-state index is 5.69. The minimum Gasteiger partial charge on any atom is -0.481 e. The predicted molar refractivity (Wildman–Crippen MR) is 68.1 cm³/mol. The molecule has 2 N–H and O–H groups in total. The summed E-state index contributed by atoms with van der Waals surface area (Å²) in [6.07, 6.45) is 4.10. The van der Waals surface area contributed by atoms with Gasteiger partial charge < -0.3 is 15.4 Å². The van der Waals surface area contributed by atoms with Gasteiger partial charge in [-0.15, -0.1) is 0 Å². The molecule has 0 aromatic carbocycles. The fourth-order valence-corrected chi connectivity index (χ4v) is 2.31. The molecule has 17 heavy (non-hydrogen) atoms. The number of hydrogen-bond acceptors (Lipinski definition) is 4. The molecule has 1 unspecified atom stereocenters. The van der Waals surface area contributed by atoms with Gasteiger partial charge in [-0.3, -0.25) is 0 Å². The molecule has 2 rings (SSSR count). The van der Waals surface area contributed by atoms with Crippen LogP contribution >= 0.6 is 0 Å². The maximum Gasteiger partial charge on any atom is 0.213 e. The van der Waals surface area contributed by atoms with Gasteiger partial charge in [0.05, 0.1) is 7.11 Å². The van der Waals surface area contributed by atoms with Crippen molar-refractivity contribution in [3.63, 3.8) is 0 Å². The van der Waals surface area contributed by atoms with Gasteiger partial charge in [-0.1, -0.05) is 0 Å². The molecule has 1 fully saturated rings. The molecular weight excluding hydrogens is 214 g/mol. The van der Waals surface area contributed by atoms with Crippen molar-refractivity contribution < 1.29 is 4.74 Å². The van der Waals surface area contributed by atoms with Gasteiger partial charge in [-0.05, 0) is 43.5 Å². The SMILES string of the molecule is COc1cc(CCN2CCC(CN)C2)ccn1. The Labute approximate surface area is 103 Å². The Morgan fingerprint density at radius 1 is 1.59 bits per heavy atom. The fraction of sp³-hybridized carbons (Fsp3) is 0.615. The van der Waals surface area contributed by atoms with Gasteiger partial charge in [0.1, 0.15) is 0 Å². The van der Waals surface area contributed by atoms with Gasteiger partial charge in [0.15, 0.2) is 0 Å². The molecule has 94 valence electrons. The highest BCUT2D eigenvalue weighted by Crippen LogP contribution is 2.16. The van der Waals surface area contributed by atoms with E-state index in [-0.39, 0.29) is 0 Å². The summed E-state index contributed by atoms with van der Waals surface area (Å²) in [5.41, 5.74) is 6.97. The van der Waals surface area contributed by atoms with Crippen molar-refractivity contribution in [2.75, 3.05) is 33.3 Å². The van der Waals surface area contributed by atoms with Crippen LogP contribution in [-0.2, 0) is 6.42 Å². The summed E-state index contributed by atoms with van der Waals surface area (Å²) < 4.78 is 5.12. The van der Waals surface area contributed by atoms with Gasteiger partial charge in [-0.2, -0.15) is 0 Å². The van der Waals surface area contributed by atoms with Gasteiger partial charge in [0, 0.05) is 25.4 Å². The lowest BCUT2D eigenvalue weighted by molar-refractivity contribution is 0.329. The average molecular weight is 235 g/mol. The van der Waals surface area contributed by atoms with Gasteiger partial charge in [0.25, 0.3) is 0 Å². The first kappa shape index (κ1) is 12.3. The number of pyridine rings is 1. The van der Waals surface area contributed by atoms with Crippen LogP contribution in [0.1, 0.15) is 12.0 Å². The summed E-state index contributed by atoms with van der Waals surface area (Å²) in [4.78, 5) is 6.60. The molecule has 4 heteroatoms. The van der Waals surface area contributed by atoms with Crippen LogP contribution in [-0.4, -0.2) is 43.2 Å². The molecule has 1 aromatic rings. The second-order valence-electron chi connectivity index (χ2n) is 4.65. The first-order valence-electron chi connectivity index (χ1n) is 6.23. The lowest BCUT2D eigenvalue weighted by atomic mass is 10.1. The fourth-order valence-electron chi connectivity index (χ4n) is 2.31. The highest BCUT2D eigenvalue weighted by molar-refractivity contribution is 5.20. The van der Waals surface area contributed by atoms with Crippen LogP contribution in [0.25, 0.3) is 0 Å². The highest BCUT2D eigenvalue weighted by atomic mass is 16.5. The molecule has 1 aliphatic heterocycles. The summed E-state index contributed by atoms with van der Waals surface area (Å²) in [7, 11) is 1.65. The third-order valence-electron chi connectivity index (χ3n) is 3.43. The van der Waals surface area contributed by atoms with E-state index >= 15 is 0 Å². The van der Waals surface area contributed by atoms with Crippen LogP contribution in [0.3, 0.4) is 0 Å². The zero-order chi connectivity index (χ0) is 12.1. The van der Waals surface area contributed by atoms with E-state index in [0.29, 0.717) is 11.8 Å². The van der Waals surface area contributed by atoms with Crippen LogP contribution in [0.5, 0.6) is 5.88 Å². The van der Waals surface area contributed by atoms with Crippen LogP contribution in [0.2, 0.25) is 0 Å². The topological polar surface area (TPSA) is 51.4 Å². The van der Waals surface area contributed by atoms with E-state index in [1.807, 2.05) is 6.07 Å². The van der Waals surface area contributed by atoms with E-state index < -0.39 is 0 Å². The van der Waals surface area contributed by atoms with Crippen molar-refractivity contribution in [1.29, 1.82) is 0 Å². The Hall–Kier alpha value is -1.13. The second-order valence-corrected chi connectivity index (χ2v) is 4.65. The second kappa shape index (κ2) is 5.98. The van der Waals surface area contributed by atoms with Crippen LogP contribution < -0.4 is 10.5 Å². The molecule has 2 heterocycles. The van der Waals surface area contributed by atoms with Crippen LogP contribution in [0.15, 0.2) is 18.3 Å². The number of likely N-dealkylation sites (tertiary alicyclic amines) is 1. The number of hydrogen-bond donors (Lipinski definition) is 1. The van der Waals surface area contributed by atoms with Crippen molar-refractivity contribution in [2.45, 2.75) is 12.8 Å². The van der Waals surface area contributed by atoms with E-state index in [0.717, 1.165) is 26.1 Å². The van der Waals surface area contributed by atoms with Gasteiger partial charge in [0.2, 0.25) is 5.88 Å². The molecule has 0 radical (unpaired) electrons. The summed E-state index contributed by atoms with van der Waals surface area (Å²) in [5, 5.41) is 0. The third kappa shape index (κ3) is 3.41. The number of methoxy groups -OCH3 is 1. The third-order valence-corrected chi connectivity index (χ3v) is 3.43. The van der Waals surface area contributed by atoms with Crippen molar-refractivity contribution in [3.8, 4) is 5.88 Å². The average Bonchev–Trinajstić information content (AvgIpc) is 2.84. The molecular formula is C13H21N3O. The molecule has 4 nitrogen and oxygen atoms in total. The molecule has 1 atom stereocenters. The van der Waals surface area contributed by atoms with Crippen LogP contribution in [0, 0.1) is 5.92 Å². The smallest absolute Gasteiger partial charge is 0.213 e. The monoisotopic (exact) mass is 235 g/mol. The van der Waals surface area contributed by atoms with Crippen molar-refractivity contribution in [2.24, 2.45) is 11.7 Å². The Bertz CT molecular complexity index is 356. The van der Waals surface area contributed by atoms with Crippen molar-refractivity contribution in [1.82, 2.24) is 9.88 Å². The maximum atomic E-state index is 5.69. The van der Waals surface area contributed by atoms with Gasteiger partial charge in [-0.25, -0.2) is 4.98 Å². The van der Waals surface area contributed by atoms with Crippen molar-refractivity contribution >= 4 is 0 Å². The Balaban J connectivity index is 1.81. The number of nitrogens with zero attached hydrogens (tertiary/aromatic N) is 2. The Morgan fingerprint density at radius 3 is 3.18 bits per heavy atom. The largest absolute Gasteiger partial charge is 0.481 e. The lowest BCUT2D eigenvalue weighted by Gasteiger charge is -2.15. The normalized spacial score (nSPS) is 20.7. The molecule has 0 spiro atoms. The minimum absolute atomic E-state index is 0.696. The zero-order valence-electron chi connectivity index (χ0n) is 10.4. The molecule has 0 saturated carbocycles. The zero-order valence-corrected chi connectivity index (χ0v) is 10.4. The van der Waals surface area contributed by atoms with E-state index in [4.69, 9.17) is 10.5 Å². The molecule has 1 saturated heterocycles. The van der Waals surface area contributed by atoms with E-state index in [2.05, 4.69) is 16.0 Å². The van der Waals surface area contributed by atoms with E-state index in [9.17, 15) is 0 Å². The molecule has 0 aliphatic carbocycles. The quantitative estimate of drug-likeness (QED) is 0.824. The molecule has 1 aliphatic rings. The standard InChI is InChI=1S/C13H21N3O/c1-17-13-8-11(2-5-15-13)3-6-16-7-4-12(9-14)10-16/h2,5,8,12H,3-4,6-7,9-10,14H2,1H3. The number of nitrogens with two attached hydrogens (primary N) is 1. The van der Waals surface area contributed by atoms with Crippen molar-refractivity contribution in [3.05, 3.63) is 23.9 Å². The molecule has 1 aromatic heterocycles. The first-order valence-corrected chi connectivity index (χ1v) is 6.23. The molecule has 0 bridgehead atoms. The number of aromatic nitrogens is 1. The summed E-state index contributed by atoms with van der Waals surface area (Å²) >= 11 is 0. The molecule has 0 amide bonds. The number of rotatable bonds is 5. The van der Waals surface area contributed by atoms with E-state index in [1.54, 1.807) is 13.3 Å². The van der Waals surface area contributed by atoms with E-state index in [1.165, 1.54) is 18.5 Å². The predicted octanol–water partition coefficient (Wildman–Crippen LogP) is 0.913. The van der Waals surface area contributed by atoms with Crippen LogP contribution in [0.4, 0.5) is 0 Å². The Morgan fingerprint density at radius 2 is 2.47 bits per heavy atom. The summed E-state index contributed by atoms with van der Waals surface area (Å²) in [6.45, 7) is 4.26. The summed E-state index contributed by atoms with van der Waals surface area (Å²) in [6, 6.07) is 4.06. The Kier molecular flexibility index (Phi) is 4.34. The first-order chi connectivity index (χ1) is 8.31. The summed E-state index contributed by atoms with van der Waals surface area (Å²) in [5.74, 6) is 1.39. The number of ether oxygens (including phenoxy) is 1. The minimum atomic E-state index is 0.696. The van der Waals surface area contributed by atoms with Gasteiger partial charge >= 0.3 is 0 Å².